The standard InChI is InChI=1S/C15H14N6O/c22-15-12(6-7-21(15)10-4-2-1-3-5-10)19-13-11-8-18-20-14(11)17-9-16-13/h1-5,8-9,12H,6-7H2,(H2,16,17,18,19,20). The Bertz CT molecular complexity index is 815. The molecule has 7 nitrogen and oxygen atoms in total. The van der Waals surface area contributed by atoms with Gasteiger partial charge in [0.25, 0.3) is 0 Å². The molecule has 7 heteroatoms. The number of rotatable bonds is 3. The zero-order chi connectivity index (χ0) is 14.9. The monoisotopic (exact) mass is 294 g/mol. The summed E-state index contributed by atoms with van der Waals surface area (Å²) in [6.07, 6.45) is 3.85. The number of nitrogens with zero attached hydrogens (tertiary/aromatic N) is 4. The molecule has 4 rings (SSSR count). The fourth-order valence-corrected chi connectivity index (χ4v) is 2.72. The minimum Gasteiger partial charge on any atom is -0.358 e. The SMILES string of the molecule is O=C1C(Nc2ncnc3[nH]ncc23)CCN1c1ccccc1. The van der Waals surface area contributed by atoms with E-state index < -0.39 is 0 Å². The van der Waals surface area contributed by atoms with Crippen LogP contribution in [0, 0.1) is 0 Å². The molecule has 1 aromatic carbocycles. The van der Waals surface area contributed by atoms with Gasteiger partial charge in [-0.2, -0.15) is 5.10 Å². The van der Waals surface area contributed by atoms with E-state index in [0.717, 1.165) is 17.5 Å². The third-order valence-corrected chi connectivity index (χ3v) is 3.83. The molecule has 1 saturated heterocycles. The maximum Gasteiger partial charge on any atom is 0.249 e. The van der Waals surface area contributed by atoms with Crippen LogP contribution in [0.5, 0.6) is 0 Å². The van der Waals surface area contributed by atoms with E-state index in [-0.39, 0.29) is 11.9 Å². The Morgan fingerprint density at radius 1 is 1.23 bits per heavy atom. The minimum atomic E-state index is -0.284. The number of nitrogens with one attached hydrogen (secondary N) is 2. The second-order valence-corrected chi connectivity index (χ2v) is 5.17. The van der Waals surface area contributed by atoms with E-state index in [0.29, 0.717) is 18.0 Å². The number of H-pyrrole nitrogens is 1. The number of hydrogen-bond donors (Lipinski definition) is 2. The van der Waals surface area contributed by atoms with Crippen molar-refractivity contribution in [1.82, 2.24) is 20.2 Å². The molecule has 1 aliphatic heterocycles. The third-order valence-electron chi connectivity index (χ3n) is 3.83. The molecule has 1 unspecified atom stereocenters. The van der Waals surface area contributed by atoms with E-state index >= 15 is 0 Å². The molecule has 0 spiro atoms. The van der Waals surface area contributed by atoms with Crippen LogP contribution in [0.3, 0.4) is 0 Å². The van der Waals surface area contributed by atoms with Gasteiger partial charge in [0.05, 0.1) is 11.6 Å². The van der Waals surface area contributed by atoms with Crippen LogP contribution in [0.1, 0.15) is 6.42 Å². The van der Waals surface area contributed by atoms with Crippen molar-refractivity contribution in [3.05, 3.63) is 42.9 Å². The van der Waals surface area contributed by atoms with E-state index in [1.165, 1.54) is 6.33 Å². The molecule has 3 heterocycles. The molecular formula is C15H14N6O. The molecule has 0 bridgehead atoms. The van der Waals surface area contributed by atoms with Crippen LogP contribution in [-0.4, -0.2) is 38.7 Å². The Morgan fingerprint density at radius 3 is 2.95 bits per heavy atom. The summed E-state index contributed by atoms with van der Waals surface area (Å²) in [5.74, 6) is 0.688. The lowest BCUT2D eigenvalue weighted by atomic mass is 10.2. The quantitative estimate of drug-likeness (QED) is 0.765. The van der Waals surface area contributed by atoms with E-state index in [4.69, 9.17) is 0 Å². The topological polar surface area (TPSA) is 86.8 Å². The fourth-order valence-electron chi connectivity index (χ4n) is 2.72. The van der Waals surface area contributed by atoms with Crippen LogP contribution >= 0.6 is 0 Å². The average molecular weight is 294 g/mol. The minimum absolute atomic E-state index is 0.0569. The number of fused-ring (bicyclic) bond motifs is 1. The molecule has 2 N–H and O–H groups in total. The number of carbonyl (C=O) groups is 1. The lowest BCUT2D eigenvalue weighted by Crippen LogP contribution is -2.33. The summed E-state index contributed by atoms with van der Waals surface area (Å²) in [6.45, 7) is 0.695. The van der Waals surface area contributed by atoms with Crippen LogP contribution in [0.25, 0.3) is 11.0 Å². The second-order valence-electron chi connectivity index (χ2n) is 5.17. The molecule has 1 amide bonds. The number of aromatic amines is 1. The third kappa shape index (κ3) is 2.07. The first-order chi connectivity index (χ1) is 10.8. The summed E-state index contributed by atoms with van der Waals surface area (Å²) in [4.78, 5) is 22.7. The first kappa shape index (κ1) is 12.8. The van der Waals surface area contributed by atoms with Crippen LogP contribution in [0.2, 0.25) is 0 Å². The second kappa shape index (κ2) is 5.10. The number of hydrogen-bond acceptors (Lipinski definition) is 5. The van der Waals surface area contributed by atoms with Crippen molar-refractivity contribution in [2.24, 2.45) is 0 Å². The predicted octanol–water partition coefficient (Wildman–Crippen LogP) is 1.57. The lowest BCUT2D eigenvalue weighted by Gasteiger charge is -2.17. The zero-order valence-electron chi connectivity index (χ0n) is 11.7. The van der Waals surface area contributed by atoms with Crippen LogP contribution in [0.15, 0.2) is 42.9 Å². The van der Waals surface area contributed by atoms with Crippen molar-refractivity contribution < 1.29 is 4.79 Å². The van der Waals surface area contributed by atoms with Crippen molar-refractivity contribution in [2.75, 3.05) is 16.8 Å². The van der Waals surface area contributed by atoms with Gasteiger partial charge in [-0.25, -0.2) is 9.97 Å². The highest BCUT2D eigenvalue weighted by Crippen LogP contribution is 2.24. The number of carbonyl (C=O) groups excluding carboxylic acids is 1. The van der Waals surface area contributed by atoms with Gasteiger partial charge in [0.2, 0.25) is 5.91 Å². The molecule has 0 saturated carbocycles. The van der Waals surface area contributed by atoms with Gasteiger partial charge >= 0.3 is 0 Å². The number of benzene rings is 1. The summed E-state index contributed by atoms with van der Waals surface area (Å²) in [5, 5.41) is 10.8. The fraction of sp³-hybridized carbons (Fsp3) is 0.200. The Kier molecular flexibility index (Phi) is 2.96. The van der Waals surface area contributed by atoms with Crippen molar-refractivity contribution in [2.45, 2.75) is 12.5 Å². The van der Waals surface area contributed by atoms with Gasteiger partial charge in [0.15, 0.2) is 5.65 Å². The Labute approximate surface area is 126 Å². The Morgan fingerprint density at radius 2 is 2.09 bits per heavy atom. The zero-order valence-corrected chi connectivity index (χ0v) is 11.7. The highest BCUT2D eigenvalue weighted by atomic mass is 16.2. The first-order valence-corrected chi connectivity index (χ1v) is 7.10. The van der Waals surface area contributed by atoms with Crippen molar-refractivity contribution in [1.29, 1.82) is 0 Å². The largest absolute Gasteiger partial charge is 0.358 e. The van der Waals surface area contributed by atoms with Gasteiger partial charge in [-0.15, -0.1) is 0 Å². The molecule has 0 aliphatic carbocycles. The maximum atomic E-state index is 12.6. The number of amides is 1. The molecule has 1 aliphatic rings. The first-order valence-electron chi connectivity index (χ1n) is 7.10. The highest BCUT2D eigenvalue weighted by Gasteiger charge is 2.33. The molecule has 1 fully saturated rings. The van der Waals surface area contributed by atoms with Gasteiger partial charge in [-0.3, -0.25) is 9.89 Å². The van der Waals surface area contributed by atoms with Gasteiger partial charge in [0, 0.05) is 12.2 Å². The molecule has 3 aromatic rings. The van der Waals surface area contributed by atoms with Crippen LogP contribution < -0.4 is 10.2 Å². The molecule has 1 atom stereocenters. The van der Waals surface area contributed by atoms with E-state index in [2.05, 4.69) is 25.5 Å². The summed E-state index contributed by atoms with van der Waals surface area (Å²) in [5.41, 5.74) is 1.58. The smallest absolute Gasteiger partial charge is 0.249 e. The van der Waals surface area contributed by atoms with Gasteiger partial charge < -0.3 is 10.2 Å². The van der Waals surface area contributed by atoms with Crippen molar-refractivity contribution in [3.63, 3.8) is 0 Å². The van der Waals surface area contributed by atoms with Crippen molar-refractivity contribution in [3.8, 4) is 0 Å². The Balaban J connectivity index is 1.57. The predicted molar refractivity (Wildman–Crippen MR) is 82.5 cm³/mol. The van der Waals surface area contributed by atoms with Crippen LogP contribution in [0.4, 0.5) is 11.5 Å². The lowest BCUT2D eigenvalue weighted by molar-refractivity contribution is -0.117. The number of aromatic nitrogens is 4. The van der Waals surface area contributed by atoms with Crippen LogP contribution in [-0.2, 0) is 4.79 Å². The van der Waals surface area contributed by atoms with Gasteiger partial charge in [-0.05, 0) is 18.6 Å². The normalized spacial score (nSPS) is 18.1. The molecular weight excluding hydrogens is 280 g/mol. The van der Waals surface area contributed by atoms with Gasteiger partial charge in [0.1, 0.15) is 18.2 Å². The number of para-hydroxylation sites is 1. The van der Waals surface area contributed by atoms with Crippen molar-refractivity contribution >= 4 is 28.4 Å². The number of anilines is 2. The molecule has 22 heavy (non-hydrogen) atoms. The average Bonchev–Trinajstić information content (AvgIpc) is 3.16. The van der Waals surface area contributed by atoms with E-state index in [1.807, 2.05) is 30.3 Å². The highest BCUT2D eigenvalue weighted by molar-refractivity contribution is 6.01. The van der Waals surface area contributed by atoms with E-state index in [1.54, 1.807) is 11.1 Å². The summed E-state index contributed by atoms with van der Waals surface area (Å²) in [6, 6.07) is 9.41. The van der Waals surface area contributed by atoms with Gasteiger partial charge in [-0.1, -0.05) is 18.2 Å². The molecule has 2 aromatic heterocycles. The summed E-state index contributed by atoms with van der Waals surface area (Å²) < 4.78 is 0. The maximum absolute atomic E-state index is 12.6. The summed E-state index contributed by atoms with van der Waals surface area (Å²) in [7, 11) is 0. The molecule has 0 radical (unpaired) electrons. The molecule has 110 valence electrons. The summed E-state index contributed by atoms with van der Waals surface area (Å²) >= 11 is 0. The Hall–Kier alpha value is -2.96. The van der Waals surface area contributed by atoms with E-state index in [9.17, 15) is 4.79 Å².